The number of β-amino-alcohol motifs (C(OH)–C–C–N with tert-alkyl or cyclic N) is 1. The minimum Gasteiger partial charge on any atom is -0.453 e. The second kappa shape index (κ2) is 5.55. The molecule has 0 aliphatic carbocycles. The third-order valence-electron chi connectivity index (χ3n) is 2.18. The Morgan fingerprint density at radius 3 is 2.69 bits per heavy atom. The molecule has 16 heavy (non-hydrogen) atoms. The van der Waals surface area contributed by atoms with Gasteiger partial charge in [-0.3, -0.25) is 0 Å². The summed E-state index contributed by atoms with van der Waals surface area (Å²) in [4.78, 5) is 23.4. The molecule has 0 radical (unpaired) electrons. The van der Waals surface area contributed by atoms with Gasteiger partial charge >= 0.3 is 12.2 Å². The molecule has 0 saturated carbocycles. The fourth-order valence-corrected chi connectivity index (χ4v) is 1.43. The Morgan fingerprint density at radius 2 is 2.12 bits per heavy atom. The van der Waals surface area contributed by atoms with E-state index in [-0.39, 0.29) is 19.7 Å². The van der Waals surface area contributed by atoms with Crippen LogP contribution in [0.25, 0.3) is 0 Å². The molecule has 2 unspecified atom stereocenters. The Kier molecular flexibility index (Phi) is 4.36. The molecule has 1 aliphatic heterocycles. The van der Waals surface area contributed by atoms with Crippen molar-refractivity contribution in [1.29, 1.82) is 0 Å². The molecule has 7 heteroatoms. The monoisotopic (exact) mass is 233 g/mol. The summed E-state index contributed by atoms with van der Waals surface area (Å²) in [5, 5.41) is 9.54. The third-order valence-corrected chi connectivity index (χ3v) is 2.18. The maximum absolute atomic E-state index is 11.1. The van der Waals surface area contributed by atoms with E-state index < -0.39 is 24.5 Å². The quantitative estimate of drug-likeness (QED) is 0.674. The average Bonchev–Trinajstić information content (AvgIpc) is 2.59. The van der Waals surface area contributed by atoms with Gasteiger partial charge in [0.15, 0.2) is 6.10 Å². The third kappa shape index (κ3) is 2.99. The molecule has 1 amide bonds. The molecule has 1 saturated heterocycles. The van der Waals surface area contributed by atoms with E-state index in [0.29, 0.717) is 0 Å². The number of methoxy groups -OCH3 is 1. The zero-order chi connectivity index (χ0) is 12.1. The first-order valence-electron chi connectivity index (χ1n) is 4.92. The number of ether oxygens (including phenoxy) is 3. The highest BCUT2D eigenvalue weighted by molar-refractivity contribution is 5.68. The zero-order valence-electron chi connectivity index (χ0n) is 9.21. The van der Waals surface area contributed by atoms with Crippen LogP contribution in [0.5, 0.6) is 0 Å². The van der Waals surface area contributed by atoms with Crippen LogP contribution in [-0.4, -0.2) is 61.3 Å². The number of hydrogen-bond acceptors (Lipinski definition) is 6. The predicted octanol–water partition coefficient (Wildman–Crippen LogP) is -0.0290. The fraction of sp³-hybridized carbons (Fsp3) is 0.778. The van der Waals surface area contributed by atoms with E-state index >= 15 is 0 Å². The standard InChI is InChI=1S/C9H15NO6/c1-3-15-9(13)16-7-5-10(4-6(7)11)8(12)14-2/h6-7,11H,3-5H2,1-2H3. The normalized spacial score (nSPS) is 24.1. The van der Waals surface area contributed by atoms with Crippen molar-refractivity contribution in [3.05, 3.63) is 0 Å². The van der Waals surface area contributed by atoms with Gasteiger partial charge in [0.25, 0.3) is 0 Å². The molecule has 1 fully saturated rings. The number of carbonyl (C=O) groups excluding carboxylic acids is 2. The second-order valence-corrected chi connectivity index (χ2v) is 3.28. The molecule has 7 nitrogen and oxygen atoms in total. The van der Waals surface area contributed by atoms with Crippen molar-refractivity contribution in [3.8, 4) is 0 Å². The van der Waals surface area contributed by atoms with E-state index in [1.807, 2.05) is 0 Å². The highest BCUT2D eigenvalue weighted by atomic mass is 16.7. The fourth-order valence-electron chi connectivity index (χ4n) is 1.43. The lowest BCUT2D eigenvalue weighted by Crippen LogP contribution is -2.31. The van der Waals surface area contributed by atoms with Gasteiger partial charge in [0, 0.05) is 0 Å². The number of likely N-dealkylation sites (tertiary alicyclic amines) is 1. The van der Waals surface area contributed by atoms with Crippen LogP contribution >= 0.6 is 0 Å². The molecule has 1 rings (SSSR count). The van der Waals surface area contributed by atoms with Crippen LogP contribution in [0, 0.1) is 0 Å². The summed E-state index contributed by atoms with van der Waals surface area (Å²) in [5.41, 5.74) is 0. The number of amides is 1. The van der Waals surface area contributed by atoms with Crippen LogP contribution < -0.4 is 0 Å². The molecule has 1 aliphatic rings. The van der Waals surface area contributed by atoms with Crippen molar-refractivity contribution >= 4 is 12.2 Å². The minimum absolute atomic E-state index is 0.0801. The number of aliphatic hydroxyl groups is 1. The first kappa shape index (κ1) is 12.6. The lowest BCUT2D eigenvalue weighted by molar-refractivity contribution is -0.00892. The molecule has 0 aromatic carbocycles. The van der Waals surface area contributed by atoms with Crippen LogP contribution in [0.1, 0.15) is 6.92 Å². The first-order valence-corrected chi connectivity index (χ1v) is 4.92. The van der Waals surface area contributed by atoms with Crippen LogP contribution in [-0.2, 0) is 14.2 Å². The van der Waals surface area contributed by atoms with Crippen LogP contribution in [0.2, 0.25) is 0 Å². The van der Waals surface area contributed by atoms with E-state index in [1.54, 1.807) is 6.92 Å². The molecule has 0 aromatic heterocycles. The minimum atomic E-state index is -0.913. The Balaban J connectivity index is 2.45. The molecular formula is C9H15NO6. The van der Waals surface area contributed by atoms with Crippen molar-refractivity contribution in [3.63, 3.8) is 0 Å². The predicted molar refractivity (Wildman–Crippen MR) is 51.9 cm³/mol. The number of nitrogens with zero attached hydrogens (tertiary/aromatic N) is 1. The summed E-state index contributed by atoms with van der Waals surface area (Å²) in [6, 6.07) is 0. The van der Waals surface area contributed by atoms with Gasteiger partial charge in [0.05, 0.1) is 26.8 Å². The molecule has 1 heterocycles. The van der Waals surface area contributed by atoms with E-state index in [2.05, 4.69) is 9.47 Å². The van der Waals surface area contributed by atoms with Gasteiger partial charge in [-0.2, -0.15) is 0 Å². The Morgan fingerprint density at radius 1 is 1.44 bits per heavy atom. The van der Waals surface area contributed by atoms with Crippen molar-refractivity contribution < 1.29 is 28.9 Å². The van der Waals surface area contributed by atoms with Gasteiger partial charge in [-0.25, -0.2) is 9.59 Å². The SMILES string of the molecule is CCOC(=O)OC1CN(C(=O)OC)CC1O. The largest absolute Gasteiger partial charge is 0.508 e. The summed E-state index contributed by atoms with van der Waals surface area (Å²) >= 11 is 0. The van der Waals surface area contributed by atoms with Crippen LogP contribution in [0.15, 0.2) is 0 Å². The second-order valence-electron chi connectivity index (χ2n) is 3.28. The number of hydrogen-bond donors (Lipinski definition) is 1. The van der Waals surface area contributed by atoms with Crippen molar-refractivity contribution in [2.24, 2.45) is 0 Å². The van der Waals surface area contributed by atoms with Gasteiger partial charge in [0.1, 0.15) is 6.10 Å². The van der Waals surface area contributed by atoms with E-state index in [9.17, 15) is 14.7 Å². The first-order chi connectivity index (χ1) is 7.58. The number of aliphatic hydroxyl groups excluding tert-OH is 1. The van der Waals surface area contributed by atoms with E-state index in [4.69, 9.17) is 4.74 Å². The van der Waals surface area contributed by atoms with Crippen molar-refractivity contribution in [1.82, 2.24) is 4.90 Å². The Bertz CT molecular complexity index is 269. The van der Waals surface area contributed by atoms with Crippen molar-refractivity contribution in [2.45, 2.75) is 19.1 Å². The average molecular weight is 233 g/mol. The van der Waals surface area contributed by atoms with E-state index in [1.165, 1.54) is 12.0 Å². The van der Waals surface area contributed by atoms with Gasteiger partial charge in [-0.1, -0.05) is 0 Å². The van der Waals surface area contributed by atoms with Crippen LogP contribution in [0.3, 0.4) is 0 Å². The summed E-state index contributed by atoms with van der Waals surface area (Å²) in [6.07, 6.45) is -3.09. The summed E-state index contributed by atoms with van der Waals surface area (Å²) in [5.74, 6) is 0. The van der Waals surface area contributed by atoms with Gasteiger partial charge < -0.3 is 24.2 Å². The number of carbonyl (C=O) groups is 2. The Labute approximate surface area is 92.9 Å². The zero-order valence-corrected chi connectivity index (χ0v) is 9.21. The Hall–Kier alpha value is -1.50. The lowest BCUT2D eigenvalue weighted by atomic mass is 10.3. The maximum atomic E-state index is 11.1. The summed E-state index contributed by atoms with van der Waals surface area (Å²) in [7, 11) is 1.24. The molecule has 1 N–H and O–H groups in total. The highest BCUT2D eigenvalue weighted by Crippen LogP contribution is 2.15. The molecule has 0 spiro atoms. The number of rotatable bonds is 2. The van der Waals surface area contributed by atoms with E-state index in [0.717, 1.165) is 0 Å². The van der Waals surface area contributed by atoms with Gasteiger partial charge in [-0.05, 0) is 6.92 Å². The summed E-state index contributed by atoms with van der Waals surface area (Å²) in [6.45, 7) is 2.03. The van der Waals surface area contributed by atoms with Crippen LogP contribution in [0.4, 0.5) is 9.59 Å². The van der Waals surface area contributed by atoms with Crippen molar-refractivity contribution in [2.75, 3.05) is 26.8 Å². The smallest absolute Gasteiger partial charge is 0.453 e. The van der Waals surface area contributed by atoms with Gasteiger partial charge in [-0.15, -0.1) is 0 Å². The molecule has 0 aromatic rings. The molecule has 0 bridgehead atoms. The lowest BCUT2D eigenvalue weighted by Gasteiger charge is -2.14. The maximum Gasteiger partial charge on any atom is 0.508 e. The highest BCUT2D eigenvalue weighted by Gasteiger charge is 2.37. The topological polar surface area (TPSA) is 85.3 Å². The molecule has 2 atom stereocenters. The molecular weight excluding hydrogens is 218 g/mol. The summed E-state index contributed by atoms with van der Waals surface area (Å²) < 4.78 is 13.9. The molecule has 92 valence electrons. The van der Waals surface area contributed by atoms with Gasteiger partial charge in [0.2, 0.25) is 0 Å².